The quantitative estimate of drug-likeness (QED) is 0.163. The molecule has 1 fully saturated rings. The highest BCUT2D eigenvalue weighted by atomic mass is 35.5. The van der Waals surface area contributed by atoms with E-state index in [0.29, 0.717) is 36.9 Å². The molecule has 1 aliphatic heterocycles. The lowest BCUT2D eigenvalue weighted by Crippen LogP contribution is -2.42. The number of amides is 4. The fraction of sp³-hybridized carbons (Fsp3) is 0.241. The van der Waals surface area contributed by atoms with Crippen LogP contribution in [0.2, 0.25) is 10.0 Å². The van der Waals surface area contributed by atoms with E-state index in [9.17, 15) is 14.4 Å². The van der Waals surface area contributed by atoms with Crippen LogP contribution in [0, 0.1) is 0 Å². The summed E-state index contributed by atoms with van der Waals surface area (Å²) in [6.07, 6.45) is 1.47. The highest BCUT2D eigenvalue weighted by Crippen LogP contribution is 2.39. The predicted octanol–water partition coefficient (Wildman–Crippen LogP) is 4.77. The molecule has 5 rings (SSSR count). The summed E-state index contributed by atoms with van der Waals surface area (Å²) in [5, 5.41) is 13.4. The van der Waals surface area contributed by atoms with Crippen molar-refractivity contribution in [2.45, 2.75) is 0 Å². The number of aromatic amines is 1. The zero-order valence-electron chi connectivity index (χ0n) is 24.1. The van der Waals surface area contributed by atoms with Crippen LogP contribution in [-0.2, 0) is 4.74 Å². The van der Waals surface area contributed by atoms with Gasteiger partial charge in [-0.1, -0.05) is 23.2 Å². The van der Waals surface area contributed by atoms with Crippen molar-refractivity contribution in [2.75, 3.05) is 62.5 Å². The fourth-order valence-electron chi connectivity index (χ4n) is 4.38. The summed E-state index contributed by atoms with van der Waals surface area (Å²) in [5.74, 6) is 1.65. The number of nitrogens with one attached hydrogen (secondary N) is 5. The maximum atomic E-state index is 12.8. The first-order chi connectivity index (χ1) is 21.8. The van der Waals surface area contributed by atoms with Crippen molar-refractivity contribution < 1.29 is 23.8 Å². The SMILES string of the molecule is COc1ccc(-n2[nH]c(=O)cc2NC(=O)Nc2ccc(Oc3ccnc(NC(=O)NCCN4CCOCC4)c3)c(Cl)c2Cl)cc1. The highest BCUT2D eigenvalue weighted by molar-refractivity contribution is 6.45. The number of rotatable bonds is 10. The number of pyridine rings is 1. The second-order valence-electron chi connectivity index (χ2n) is 9.67. The summed E-state index contributed by atoms with van der Waals surface area (Å²) < 4.78 is 17.8. The van der Waals surface area contributed by atoms with Gasteiger partial charge in [0.1, 0.15) is 33.9 Å². The van der Waals surface area contributed by atoms with Gasteiger partial charge in [0.05, 0.1) is 36.7 Å². The number of carbonyl (C=O) groups excluding carboxylic acids is 2. The lowest BCUT2D eigenvalue weighted by atomic mass is 10.3. The zero-order valence-corrected chi connectivity index (χ0v) is 25.6. The number of ether oxygens (including phenoxy) is 3. The van der Waals surface area contributed by atoms with E-state index < -0.39 is 17.6 Å². The maximum Gasteiger partial charge on any atom is 0.324 e. The number of nitrogens with zero attached hydrogens (tertiary/aromatic N) is 3. The number of morpholine rings is 1. The van der Waals surface area contributed by atoms with Gasteiger partial charge in [-0.25, -0.2) is 19.3 Å². The number of anilines is 3. The van der Waals surface area contributed by atoms with E-state index in [1.807, 2.05) is 0 Å². The molecule has 1 saturated heterocycles. The number of H-pyrrole nitrogens is 1. The van der Waals surface area contributed by atoms with Crippen molar-refractivity contribution >= 4 is 52.6 Å². The summed E-state index contributed by atoms with van der Waals surface area (Å²) in [7, 11) is 1.55. The number of carbonyl (C=O) groups is 2. The third kappa shape index (κ3) is 8.45. The van der Waals surface area contributed by atoms with Crippen molar-refractivity contribution in [3.8, 4) is 22.9 Å². The minimum absolute atomic E-state index is 0.0259. The van der Waals surface area contributed by atoms with E-state index in [4.69, 9.17) is 37.4 Å². The highest BCUT2D eigenvalue weighted by Gasteiger charge is 2.17. The topological polar surface area (TPSA) is 164 Å². The minimum atomic E-state index is -0.670. The summed E-state index contributed by atoms with van der Waals surface area (Å²) in [5.41, 5.74) is 0.378. The van der Waals surface area contributed by atoms with E-state index in [1.165, 1.54) is 35.1 Å². The Balaban J connectivity index is 1.18. The molecule has 0 saturated carbocycles. The molecule has 0 aliphatic carbocycles. The van der Waals surface area contributed by atoms with Crippen molar-refractivity contribution in [1.82, 2.24) is 25.0 Å². The molecular formula is C29H30Cl2N8O6. The molecule has 45 heavy (non-hydrogen) atoms. The number of hydrogen-bond donors (Lipinski definition) is 5. The number of hydrogen-bond acceptors (Lipinski definition) is 8. The van der Waals surface area contributed by atoms with Crippen molar-refractivity contribution in [3.05, 3.63) is 81.2 Å². The summed E-state index contributed by atoms with van der Waals surface area (Å²) in [6, 6.07) is 13.2. The van der Waals surface area contributed by atoms with E-state index >= 15 is 0 Å². The minimum Gasteiger partial charge on any atom is -0.497 e. The van der Waals surface area contributed by atoms with E-state index in [0.717, 1.165) is 19.6 Å². The molecule has 14 nitrogen and oxygen atoms in total. The standard InChI is InChI=1S/C29H30Cl2N8O6/c1-43-19-4-2-18(3-5-19)39-24(17-25(40)37-39)36-29(42)34-21-6-7-22(27(31)26(21)30)45-20-8-9-32-23(16-20)35-28(41)33-10-11-38-12-14-44-15-13-38/h2-9,16-17H,10-15H2,1H3,(H,37,40)(H2,34,36,42)(H2,32,33,35,41). The second kappa shape index (κ2) is 14.8. The largest absolute Gasteiger partial charge is 0.497 e. The Morgan fingerprint density at radius 2 is 1.73 bits per heavy atom. The molecule has 3 heterocycles. The first-order valence-electron chi connectivity index (χ1n) is 13.8. The van der Waals surface area contributed by atoms with Gasteiger partial charge in [-0.2, -0.15) is 0 Å². The third-order valence-electron chi connectivity index (χ3n) is 6.62. The van der Waals surface area contributed by atoms with Crippen LogP contribution in [0.15, 0.2) is 65.6 Å². The molecule has 2 aromatic carbocycles. The van der Waals surface area contributed by atoms with Crippen molar-refractivity contribution in [2.24, 2.45) is 0 Å². The molecule has 0 atom stereocenters. The van der Waals surface area contributed by atoms with Gasteiger partial charge in [-0.15, -0.1) is 0 Å². The van der Waals surface area contributed by atoms with Gasteiger partial charge >= 0.3 is 12.1 Å². The van der Waals surface area contributed by atoms with Crippen molar-refractivity contribution in [1.29, 1.82) is 0 Å². The molecule has 16 heteroatoms. The summed E-state index contributed by atoms with van der Waals surface area (Å²) in [6.45, 7) is 4.25. The van der Waals surface area contributed by atoms with Gasteiger partial charge in [-0.3, -0.25) is 25.4 Å². The van der Waals surface area contributed by atoms with Gasteiger partial charge in [0.2, 0.25) is 0 Å². The van der Waals surface area contributed by atoms with Crippen LogP contribution in [0.3, 0.4) is 0 Å². The van der Waals surface area contributed by atoms with E-state index in [1.54, 1.807) is 37.4 Å². The van der Waals surface area contributed by atoms with Crippen LogP contribution in [0.5, 0.6) is 17.2 Å². The van der Waals surface area contributed by atoms with E-state index in [-0.39, 0.29) is 33.1 Å². The first-order valence-corrected chi connectivity index (χ1v) is 14.6. The number of halogens is 2. The lowest BCUT2D eigenvalue weighted by Gasteiger charge is -2.26. The number of aromatic nitrogens is 3. The van der Waals surface area contributed by atoms with Crippen LogP contribution in [0.25, 0.3) is 5.69 Å². The Kier molecular flexibility index (Phi) is 10.4. The van der Waals surface area contributed by atoms with Gasteiger partial charge in [0.25, 0.3) is 5.56 Å². The summed E-state index contributed by atoms with van der Waals surface area (Å²) >= 11 is 12.9. The normalized spacial score (nSPS) is 13.1. The Labute approximate surface area is 267 Å². The van der Waals surface area contributed by atoms with Crippen molar-refractivity contribution in [3.63, 3.8) is 0 Å². The molecule has 4 aromatic rings. The molecule has 4 amide bonds. The molecule has 1 aliphatic rings. The molecule has 0 radical (unpaired) electrons. The molecule has 0 bridgehead atoms. The van der Waals surface area contributed by atoms with Gasteiger partial charge in [-0.05, 0) is 42.5 Å². The number of methoxy groups -OCH3 is 1. The van der Waals surface area contributed by atoms with Crippen LogP contribution >= 0.6 is 23.2 Å². The van der Waals surface area contributed by atoms with Crippen LogP contribution < -0.4 is 36.3 Å². The lowest BCUT2D eigenvalue weighted by molar-refractivity contribution is 0.0388. The predicted molar refractivity (Wildman–Crippen MR) is 171 cm³/mol. The second-order valence-corrected chi connectivity index (χ2v) is 10.4. The monoisotopic (exact) mass is 656 g/mol. The van der Waals surface area contributed by atoms with Crippen LogP contribution in [0.1, 0.15) is 0 Å². The molecule has 0 spiro atoms. The summed E-state index contributed by atoms with van der Waals surface area (Å²) in [4.78, 5) is 43.6. The van der Waals surface area contributed by atoms with Gasteiger partial charge in [0, 0.05) is 44.5 Å². The third-order valence-corrected chi connectivity index (χ3v) is 7.48. The molecular weight excluding hydrogens is 627 g/mol. The zero-order chi connectivity index (χ0) is 31.8. The fourth-order valence-corrected chi connectivity index (χ4v) is 4.78. The Morgan fingerprint density at radius 3 is 2.49 bits per heavy atom. The average Bonchev–Trinajstić information content (AvgIpc) is 3.41. The Bertz CT molecular complexity index is 1710. The van der Waals surface area contributed by atoms with Crippen LogP contribution in [0.4, 0.5) is 26.9 Å². The van der Waals surface area contributed by atoms with Gasteiger partial charge in [0.15, 0.2) is 0 Å². The maximum absolute atomic E-state index is 12.8. The molecule has 236 valence electrons. The molecule has 2 aromatic heterocycles. The Hall–Kier alpha value is -4.76. The number of benzene rings is 2. The number of urea groups is 2. The Morgan fingerprint density at radius 1 is 0.956 bits per heavy atom. The van der Waals surface area contributed by atoms with Gasteiger partial charge < -0.3 is 24.8 Å². The van der Waals surface area contributed by atoms with E-state index in [2.05, 4.69) is 36.2 Å². The first kappa shape index (κ1) is 31.7. The molecule has 0 unspecified atom stereocenters. The smallest absolute Gasteiger partial charge is 0.324 e. The van der Waals surface area contributed by atoms with Crippen LogP contribution in [-0.4, -0.2) is 78.2 Å². The molecule has 5 N–H and O–H groups in total. The average molecular weight is 658 g/mol.